The molecule has 0 amide bonds. The first-order valence-corrected chi connectivity index (χ1v) is 44.4. The number of benzene rings is 19. The summed E-state index contributed by atoms with van der Waals surface area (Å²) in [5, 5.41) is 8.67. The molecule has 606 valence electrons. The lowest BCUT2D eigenvalue weighted by molar-refractivity contribution is 0.961. The van der Waals surface area contributed by atoms with Gasteiger partial charge in [0, 0.05) is 65.3 Å². The Bertz CT molecular complexity index is 7820. The second kappa shape index (κ2) is 31.4. The van der Waals surface area contributed by atoms with Crippen LogP contribution in [0.2, 0.25) is 0 Å². The van der Waals surface area contributed by atoms with Crippen molar-refractivity contribution in [2.24, 2.45) is 0 Å². The van der Waals surface area contributed by atoms with Crippen molar-refractivity contribution in [3.63, 3.8) is 0 Å². The Labute approximate surface area is 751 Å². The summed E-state index contributed by atoms with van der Waals surface area (Å²) >= 11 is 0. The number of hydrogen-bond acceptors (Lipinski definition) is 3. The molecule has 0 radical (unpaired) electrons. The fourth-order valence-corrected chi connectivity index (χ4v) is 19.9. The van der Waals surface area contributed by atoms with Crippen molar-refractivity contribution in [3.8, 4) is 157 Å². The summed E-state index contributed by atoms with van der Waals surface area (Å²) in [7, 11) is 0. The van der Waals surface area contributed by atoms with E-state index in [2.05, 4.69) is 498 Å². The molecule has 0 aliphatic rings. The molecular weight excluding hydrogens is 1580 g/mol. The van der Waals surface area contributed by atoms with Crippen molar-refractivity contribution in [2.75, 3.05) is 0 Å². The minimum absolute atomic E-state index is 0.602. The molecule has 0 bridgehead atoms. The van der Waals surface area contributed by atoms with Crippen molar-refractivity contribution in [2.45, 2.75) is 0 Å². The highest BCUT2D eigenvalue weighted by Crippen LogP contribution is 2.52. The summed E-state index contributed by atoms with van der Waals surface area (Å²) in [6, 6.07) is 176. The second-order valence-electron chi connectivity index (χ2n) is 33.7. The molecule has 0 N–H and O–H groups in total. The predicted octanol–water partition coefficient (Wildman–Crippen LogP) is 32.3. The second-order valence-corrected chi connectivity index (χ2v) is 33.7. The quantitative estimate of drug-likeness (QED) is 0.0969. The van der Waals surface area contributed by atoms with Crippen LogP contribution in [0.1, 0.15) is 0 Å². The highest BCUT2D eigenvalue weighted by molar-refractivity contribution is 6.19. The van der Waals surface area contributed by atoms with Gasteiger partial charge in [-0.15, -0.1) is 0 Å². The molecule has 0 aliphatic carbocycles. The van der Waals surface area contributed by atoms with Gasteiger partial charge in [0.1, 0.15) is 11.4 Å². The number of rotatable bonds is 16. The van der Waals surface area contributed by atoms with Crippen LogP contribution in [0.25, 0.3) is 244 Å². The molecular formula is C123H79N7. The standard InChI is InChI=1S/C123H79N7/c1-11-31-80(32-12-1)92-55-63-110-100(71-92)101-72-93(81-33-13-2-14-34-81)56-64-111(101)127(110)119-118(90-51-53-91(54-52-90)121-124-108(88-47-27-9-28-48-88)79-109(125-121)89-49-29-10-30-50-89)120(128-112-65-57-94(82-35-15-3-16-36-82)73-102(112)103-74-95(58-66-113(103)128)83-37-17-4-18-38-83)123(130-116-69-61-98(86-43-23-7-24-44-86)77-106(116)107-78-99(62-70-117(107)130)87-45-25-8-26-46-87)126-122(119)129-114-67-59-96(84-39-19-5-20-40-84)75-104(114)105-76-97(60-68-115(105)129)85-41-21-6-22-42-85/h1-79H. The number of pyridine rings is 1. The van der Waals surface area contributed by atoms with Gasteiger partial charge in [0.25, 0.3) is 0 Å². The molecule has 0 aliphatic heterocycles. The summed E-state index contributed by atoms with van der Waals surface area (Å²) in [6.07, 6.45) is 0. The maximum Gasteiger partial charge on any atom is 0.165 e. The SMILES string of the molecule is c1ccc(-c2ccc3c(c2)c2cc(-c4ccccc4)ccc2n3-c2nc(-n3c4ccc(-c5ccccc5)cc4c4cc(-c5ccccc5)ccc43)c(-n3c4ccc(-c5ccccc5)cc4c4cc(-c5ccccc5)ccc43)c(-c3ccc(-c4nc(-c5ccccc5)cc(-c5ccccc5)n4)cc3)c2-n2c3ccc(-c4ccccc4)cc3c3cc(-c4ccccc4)ccc32)cc1. The number of hydrogen-bond donors (Lipinski definition) is 0. The van der Waals surface area contributed by atoms with E-state index in [0.29, 0.717) is 17.5 Å². The van der Waals surface area contributed by atoms with E-state index >= 15 is 0 Å². The molecule has 0 saturated heterocycles. The summed E-state index contributed by atoms with van der Waals surface area (Å²) in [5.74, 6) is 2.01. The molecule has 25 rings (SSSR count). The summed E-state index contributed by atoms with van der Waals surface area (Å²) in [4.78, 5) is 18.1. The van der Waals surface area contributed by atoms with Crippen LogP contribution < -0.4 is 0 Å². The Balaban J connectivity index is 0.912. The zero-order valence-corrected chi connectivity index (χ0v) is 70.7. The molecule has 130 heavy (non-hydrogen) atoms. The van der Waals surface area contributed by atoms with Crippen LogP contribution in [-0.4, -0.2) is 33.2 Å². The number of nitrogens with zero attached hydrogens (tertiary/aromatic N) is 7. The topological polar surface area (TPSA) is 58.4 Å². The average molecular weight is 1660 g/mol. The zero-order valence-electron chi connectivity index (χ0n) is 70.7. The third kappa shape index (κ3) is 12.9. The van der Waals surface area contributed by atoms with Gasteiger partial charge in [0.2, 0.25) is 0 Å². The molecule has 7 heteroatoms. The lowest BCUT2D eigenvalue weighted by Crippen LogP contribution is -2.16. The first kappa shape index (κ1) is 75.2. The predicted molar refractivity (Wildman–Crippen MR) is 542 cm³/mol. The van der Waals surface area contributed by atoms with Crippen LogP contribution in [-0.2, 0) is 0 Å². The largest absolute Gasteiger partial charge is 0.305 e. The van der Waals surface area contributed by atoms with Gasteiger partial charge in [0.15, 0.2) is 17.5 Å². The lowest BCUT2D eigenvalue weighted by Gasteiger charge is -2.27. The van der Waals surface area contributed by atoms with Gasteiger partial charge in [-0.2, -0.15) is 0 Å². The molecule has 6 aromatic heterocycles. The van der Waals surface area contributed by atoms with Crippen LogP contribution in [0.4, 0.5) is 0 Å². The van der Waals surface area contributed by atoms with Crippen LogP contribution in [0.15, 0.2) is 479 Å². The Morgan fingerprint density at radius 2 is 0.308 bits per heavy atom. The van der Waals surface area contributed by atoms with Crippen molar-refractivity contribution in [3.05, 3.63) is 479 Å². The minimum atomic E-state index is 0.602. The monoisotopic (exact) mass is 1650 g/mol. The van der Waals surface area contributed by atoms with E-state index in [1.54, 1.807) is 0 Å². The van der Waals surface area contributed by atoms with Crippen LogP contribution in [0.3, 0.4) is 0 Å². The average Bonchev–Trinajstić information content (AvgIpc) is 1.51. The molecule has 0 unspecified atom stereocenters. The van der Waals surface area contributed by atoms with Gasteiger partial charge in [-0.3, -0.25) is 9.13 Å². The van der Waals surface area contributed by atoms with Crippen LogP contribution in [0, 0.1) is 0 Å². The number of fused-ring (bicyclic) bond motifs is 12. The normalized spacial score (nSPS) is 11.7. The Morgan fingerprint density at radius 3 is 0.515 bits per heavy atom. The number of aromatic nitrogens is 7. The van der Waals surface area contributed by atoms with Gasteiger partial charge in [-0.1, -0.05) is 376 Å². The zero-order chi connectivity index (χ0) is 85.7. The summed E-state index contributed by atoms with van der Waals surface area (Å²) < 4.78 is 10.2. The lowest BCUT2D eigenvalue weighted by atomic mass is 9.98. The van der Waals surface area contributed by atoms with Crippen molar-refractivity contribution in [1.29, 1.82) is 0 Å². The van der Waals surface area contributed by atoms with Gasteiger partial charge >= 0.3 is 0 Å². The van der Waals surface area contributed by atoms with E-state index in [1.807, 2.05) is 0 Å². The van der Waals surface area contributed by atoms with Gasteiger partial charge in [-0.05, 0) is 198 Å². The first-order chi connectivity index (χ1) is 64.5. The molecule has 25 aromatic rings. The van der Waals surface area contributed by atoms with Crippen LogP contribution in [0.5, 0.6) is 0 Å². The molecule has 0 saturated carbocycles. The molecule has 0 fully saturated rings. The Kier molecular flexibility index (Phi) is 18.1. The maximum absolute atomic E-state index is 6.97. The highest BCUT2D eigenvalue weighted by atomic mass is 15.2. The van der Waals surface area contributed by atoms with Gasteiger partial charge in [-0.25, -0.2) is 15.0 Å². The van der Waals surface area contributed by atoms with Crippen LogP contribution >= 0.6 is 0 Å². The fourth-order valence-electron chi connectivity index (χ4n) is 19.9. The Morgan fingerprint density at radius 1 is 0.131 bits per heavy atom. The smallest absolute Gasteiger partial charge is 0.165 e. The summed E-state index contributed by atoms with van der Waals surface area (Å²) in [6.45, 7) is 0. The molecule has 0 atom stereocenters. The fraction of sp³-hybridized carbons (Fsp3) is 0. The van der Waals surface area contributed by atoms with Crippen molar-refractivity contribution < 1.29 is 0 Å². The third-order valence-electron chi connectivity index (χ3n) is 26.2. The van der Waals surface area contributed by atoms with E-state index in [-0.39, 0.29) is 0 Å². The molecule has 0 spiro atoms. The van der Waals surface area contributed by atoms with Gasteiger partial charge < -0.3 is 9.13 Å². The van der Waals surface area contributed by atoms with E-state index in [4.69, 9.17) is 15.0 Å². The van der Waals surface area contributed by atoms with E-state index in [0.717, 1.165) is 227 Å². The van der Waals surface area contributed by atoms with Crippen molar-refractivity contribution in [1.82, 2.24) is 33.2 Å². The van der Waals surface area contributed by atoms with E-state index in [1.165, 1.54) is 0 Å². The minimum Gasteiger partial charge on any atom is -0.305 e. The van der Waals surface area contributed by atoms with E-state index < -0.39 is 0 Å². The molecule has 6 heterocycles. The van der Waals surface area contributed by atoms with Gasteiger partial charge in [0.05, 0.1) is 55.5 Å². The summed E-state index contributed by atoms with van der Waals surface area (Å²) in [5.41, 5.74) is 33.8. The molecule has 19 aromatic carbocycles. The maximum atomic E-state index is 6.97. The van der Waals surface area contributed by atoms with E-state index in [9.17, 15) is 0 Å². The Hall–Kier alpha value is -17.4. The molecule has 7 nitrogen and oxygen atoms in total. The van der Waals surface area contributed by atoms with Crippen molar-refractivity contribution >= 4 is 87.2 Å². The third-order valence-corrected chi connectivity index (χ3v) is 26.2. The highest BCUT2D eigenvalue weighted by Gasteiger charge is 2.34. The first-order valence-electron chi connectivity index (χ1n) is 44.4.